The number of halogens is 2. The SMILES string of the molecule is CCOc1cc(/C=C2/SC(=O)N(Cc3c(Cl)cccc3Cl)C2=O)ccc1OCc1ccccc1. The molecular weight excluding hydrogens is 493 g/mol. The van der Waals surface area contributed by atoms with Crippen LogP contribution in [0.15, 0.2) is 71.6 Å². The van der Waals surface area contributed by atoms with Gasteiger partial charge in [0.25, 0.3) is 11.1 Å². The Kier molecular flexibility index (Phi) is 7.83. The Morgan fingerprint density at radius 3 is 2.35 bits per heavy atom. The van der Waals surface area contributed by atoms with E-state index >= 15 is 0 Å². The second kappa shape index (κ2) is 11.0. The molecule has 0 unspecified atom stereocenters. The van der Waals surface area contributed by atoms with Gasteiger partial charge in [-0.15, -0.1) is 0 Å². The van der Waals surface area contributed by atoms with Crippen molar-refractivity contribution in [2.45, 2.75) is 20.1 Å². The van der Waals surface area contributed by atoms with Gasteiger partial charge in [0.15, 0.2) is 11.5 Å². The molecule has 0 N–H and O–H groups in total. The van der Waals surface area contributed by atoms with Crippen molar-refractivity contribution in [3.8, 4) is 11.5 Å². The Morgan fingerprint density at radius 2 is 1.65 bits per heavy atom. The standard InChI is InChI=1S/C26H21Cl2NO4S/c1-2-32-23-13-18(11-12-22(23)33-16-17-7-4-3-5-8-17)14-24-25(30)29(26(31)34-24)15-19-20(27)9-6-10-21(19)28/h3-14H,2,15-16H2,1H3/b24-14+. The number of amides is 2. The lowest BCUT2D eigenvalue weighted by molar-refractivity contribution is -0.123. The fourth-order valence-electron chi connectivity index (χ4n) is 3.37. The zero-order valence-corrected chi connectivity index (χ0v) is 20.6. The minimum atomic E-state index is -0.395. The van der Waals surface area contributed by atoms with E-state index in [-0.39, 0.29) is 11.8 Å². The summed E-state index contributed by atoms with van der Waals surface area (Å²) >= 11 is 13.3. The number of benzene rings is 3. The molecule has 0 aromatic heterocycles. The van der Waals surface area contributed by atoms with Gasteiger partial charge in [0.2, 0.25) is 0 Å². The van der Waals surface area contributed by atoms with Gasteiger partial charge < -0.3 is 9.47 Å². The Morgan fingerprint density at radius 1 is 0.912 bits per heavy atom. The number of rotatable bonds is 8. The Balaban J connectivity index is 1.53. The van der Waals surface area contributed by atoms with E-state index in [0.29, 0.717) is 45.2 Å². The minimum Gasteiger partial charge on any atom is -0.490 e. The third-order valence-electron chi connectivity index (χ3n) is 5.05. The van der Waals surface area contributed by atoms with Crippen molar-refractivity contribution < 1.29 is 19.1 Å². The van der Waals surface area contributed by atoms with E-state index in [0.717, 1.165) is 27.8 Å². The van der Waals surface area contributed by atoms with E-state index in [1.54, 1.807) is 36.4 Å². The zero-order chi connectivity index (χ0) is 24.1. The van der Waals surface area contributed by atoms with Crippen molar-refractivity contribution in [2.24, 2.45) is 0 Å². The first-order valence-corrected chi connectivity index (χ1v) is 12.2. The molecule has 34 heavy (non-hydrogen) atoms. The van der Waals surface area contributed by atoms with Gasteiger partial charge in [0.05, 0.1) is 18.1 Å². The summed E-state index contributed by atoms with van der Waals surface area (Å²) in [5.41, 5.74) is 2.30. The molecular formula is C26H21Cl2NO4S. The minimum absolute atomic E-state index is 0.0109. The van der Waals surface area contributed by atoms with Crippen LogP contribution in [0, 0.1) is 0 Å². The summed E-state index contributed by atoms with van der Waals surface area (Å²) in [6, 6.07) is 20.3. The molecule has 1 aliphatic rings. The maximum atomic E-state index is 13.0. The fraction of sp³-hybridized carbons (Fsp3) is 0.154. The molecule has 1 heterocycles. The van der Waals surface area contributed by atoms with Gasteiger partial charge >= 0.3 is 0 Å². The Hall–Kier alpha value is -2.93. The van der Waals surface area contributed by atoms with Crippen LogP contribution in [0.3, 0.4) is 0 Å². The molecule has 174 valence electrons. The molecule has 0 saturated carbocycles. The molecule has 8 heteroatoms. The third-order valence-corrected chi connectivity index (χ3v) is 6.67. The van der Waals surface area contributed by atoms with Crippen LogP contribution >= 0.6 is 35.0 Å². The van der Waals surface area contributed by atoms with Crippen LogP contribution in [-0.2, 0) is 17.9 Å². The van der Waals surface area contributed by atoms with E-state index in [2.05, 4.69) is 0 Å². The zero-order valence-electron chi connectivity index (χ0n) is 18.3. The summed E-state index contributed by atoms with van der Waals surface area (Å²) in [6.07, 6.45) is 1.67. The number of carbonyl (C=O) groups excluding carboxylic acids is 2. The second-order valence-corrected chi connectivity index (χ2v) is 9.19. The van der Waals surface area contributed by atoms with E-state index < -0.39 is 5.91 Å². The molecule has 1 fully saturated rings. The summed E-state index contributed by atoms with van der Waals surface area (Å²) in [7, 11) is 0. The fourth-order valence-corrected chi connectivity index (χ4v) is 4.72. The van der Waals surface area contributed by atoms with Gasteiger partial charge in [0.1, 0.15) is 6.61 Å². The lowest BCUT2D eigenvalue weighted by atomic mass is 10.1. The Labute approximate surface area is 212 Å². The molecule has 0 spiro atoms. The predicted molar refractivity (Wildman–Crippen MR) is 136 cm³/mol. The van der Waals surface area contributed by atoms with Gasteiger partial charge in [-0.2, -0.15) is 0 Å². The smallest absolute Gasteiger partial charge is 0.293 e. The van der Waals surface area contributed by atoms with Crippen LogP contribution in [0.5, 0.6) is 11.5 Å². The first-order valence-electron chi connectivity index (χ1n) is 10.6. The quantitative estimate of drug-likeness (QED) is 0.298. The van der Waals surface area contributed by atoms with Crippen LogP contribution in [0.1, 0.15) is 23.6 Å². The summed E-state index contributed by atoms with van der Waals surface area (Å²) in [5.74, 6) is 0.770. The summed E-state index contributed by atoms with van der Waals surface area (Å²) in [4.78, 5) is 27.0. The summed E-state index contributed by atoms with van der Waals surface area (Å²) in [5, 5.41) is 0.436. The highest BCUT2D eigenvalue weighted by molar-refractivity contribution is 8.18. The number of hydrogen-bond donors (Lipinski definition) is 0. The van der Waals surface area contributed by atoms with Crippen LogP contribution in [0.4, 0.5) is 4.79 Å². The van der Waals surface area contributed by atoms with Gasteiger partial charge in [-0.05, 0) is 60.2 Å². The molecule has 3 aromatic carbocycles. The van der Waals surface area contributed by atoms with E-state index in [1.165, 1.54) is 0 Å². The van der Waals surface area contributed by atoms with Crippen molar-refractivity contribution in [1.82, 2.24) is 4.90 Å². The van der Waals surface area contributed by atoms with Crippen molar-refractivity contribution in [3.05, 3.63) is 98.4 Å². The summed E-state index contributed by atoms with van der Waals surface area (Å²) < 4.78 is 11.7. The highest BCUT2D eigenvalue weighted by atomic mass is 35.5. The van der Waals surface area contributed by atoms with E-state index in [1.807, 2.05) is 43.3 Å². The van der Waals surface area contributed by atoms with Crippen molar-refractivity contribution in [1.29, 1.82) is 0 Å². The number of hydrogen-bond acceptors (Lipinski definition) is 5. The third kappa shape index (κ3) is 5.58. The number of thioether (sulfide) groups is 1. The Bertz CT molecular complexity index is 1230. The average Bonchev–Trinajstić information content (AvgIpc) is 3.09. The predicted octanol–water partition coefficient (Wildman–Crippen LogP) is 7.21. The highest BCUT2D eigenvalue weighted by Gasteiger charge is 2.35. The summed E-state index contributed by atoms with van der Waals surface area (Å²) in [6.45, 7) is 2.76. The van der Waals surface area contributed by atoms with Gasteiger partial charge in [-0.3, -0.25) is 14.5 Å². The first-order chi connectivity index (χ1) is 16.5. The number of ether oxygens (including phenoxy) is 2. The number of nitrogens with zero attached hydrogens (tertiary/aromatic N) is 1. The lowest BCUT2D eigenvalue weighted by Crippen LogP contribution is -2.27. The number of carbonyl (C=O) groups is 2. The molecule has 0 aliphatic carbocycles. The maximum Gasteiger partial charge on any atom is 0.293 e. The van der Waals surface area contributed by atoms with Crippen molar-refractivity contribution in [2.75, 3.05) is 6.61 Å². The maximum absolute atomic E-state index is 13.0. The largest absolute Gasteiger partial charge is 0.490 e. The molecule has 0 bridgehead atoms. The highest BCUT2D eigenvalue weighted by Crippen LogP contribution is 2.37. The van der Waals surface area contributed by atoms with Gasteiger partial charge in [-0.1, -0.05) is 65.7 Å². The van der Waals surface area contributed by atoms with E-state index in [4.69, 9.17) is 32.7 Å². The molecule has 0 radical (unpaired) electrons. The van der Waals surface area contributed by atoms with Crippen molar-refractivity contribution in [3.63, 3.8) is 0 Å². The van der Waals surface area contributed by atoms with Crippen LogP contribution in [0.2, 0.25) is 10.0 Å². The topological polar surface area (TPSA) is 55.8 Å². The first kappa shape index (κ1) is 24.2. The van der Waals surface area contributed by atoms with Gasteiger partial charge in [-0.25, -0.2) is 0 Å². The van der Waals surface area contributed by atoms with Crippen LogP contribution < -0.4 is 9.47 Å². The molecule has 1 saturated heterocycles. The molecule has 2 amide bonds. The normalized spacial score (nSPS) is 14.7. The molecule has 3 aromatic rings. The van der Waals surface area contributed by atoms with Crippen LogP contribution in [-0.4, -0.2) is 22.7 Å². The molecule has 0 atom stereocenters. The van der Waals surface area contributed by atoms with Gasteiger partial charge in [0, 0.05) is 15.6 Å². The van der Waals surface area contributed by atoms with Crippen LogP contribution in [0.25, 0.3) is 6.08 Å². The monoisotopic (exact) mass is 513 g/mol. The molecule has 5 nitrogen and oxygen atoms in total. The molecule has 1 aliphatic heterocycles. The second-order valence-electron chi connectivity index (χ2n) is 7.38. The van der Waals surface area contributed by atoms with Crippen molar-refractivity contribution >= 4 is 52.2 Å². The lowest BCUT2D eigenvalue weighted by Gasteiger charge is -2.15. The molecule has 4 rings (SSSR count). The number of imide groups is 1. The van der Waals surface area contributed by atoms with E-state index in [9.17, 15) is 9.59 Å². The average molecular weight is 514 g/mol.